The van der Waals surface area contributed by atoms with Crippen LogP contribution < -0.4 is 9.64 Å². The summed E-state index contributed by atoms with van der Waals surface area (Å²) in [7, 11) is 2.17. The van der Waals surface area contributed by atoms with E-state index in [0.717, 1.165) is 31.4 Å². The van der Waals surface area contributed by atoms with Crippen LogP contribution in [0.25, 0.3) is 0 Å². The van der Waals surface area contributed by atoms with Crippen LogP contribution >= 0.6 is 0 Å². The highest BCUT2D eigenvalue weighted by Gasteiger charge is 2.23. The minimum atomic E-state index is -0.728. The monoisotopic (exact) mass is 393 g/mol. The molecule has 0 aliphatic carbocycles. The lowest BCUT2D eigenvalue weighted by atomic mass is 9.93. The summed E-state index contributed by atoms with van der Waals surface area (Å²) >= 11 is 0. The number of carboxylic acid groups (broad SMARTS) is 1. The van der Waals surface area contributed by atoms with Gasteiger partial charge in [-0.15, -0.1) is 0 Å². The molecule has 2 aromatic rings. The molecule has 0 aromatic heterocycles. The normalized spacial score (nSPS) is 16.4. The van der Waals surface area contributed by atoms with Gasteiger partial charge in [0.15, 0.2) is 0 Å². The molecule has 2 aromatic carbocycles. The average Bonchev–Trinajstić information content (AvgIpc) is 2.73. The Labute approximate surface area is 173 Å². The van der Waals surface area contributed by atoms with Crippen molar-refractivity contribution in [2.45, 2.75) is 58.1 Å². The third-order valence-corrected chi connectivity index (χ3v) is 5.70. The Balaban J connectivity index is 1.53. The van der Waals surface area contributed by atoms with Crippen molar-refractivity contribution >= 4 is 11.7 Å². The summed E-state index contributed by atoms with van der Waals surface area (Å²) in [4.78, 5) is 13.1. The van der Waals surface area contributed by atoms with Crippen molar-refractivity contribution < 1.29 is 14.6 Å². The highest BCUT2D eigenvalue weighted by Crippen LogP contribution is 2.34. The number of rotatable bonds is 9. The zero-order valence-corrected chi connectivity index (χ0v) is 17.4. The lowest BCUT2D eigenvalue weighted by Gasteiger charge is -2.36. The van der Waals surface area contributed by atoms with E-state index in [1.807, 2.05) is 25.1 Å². The van der Waals surface area contributed by atoms with Crippen LogP contribution in [0.15, 0.2) is 60.2 Å². The summed E-state index contributed by atoms with van der Waals surface area (Å²) in [6.07, 6.45) is 7.34. The minimum absolute atomic E-state index is 0.216. The molecular formula is C25H31NO3. The lowest BCUT2D eigenvalue weighted by molar-refractivity contribution is -0.136. The van der Waals surface area contributed by atoms with E-state index in [0.29, 0.717) is 19.1 Å². The van der Waals surface area contributed by atoms with Gasteiger partial charge < -0.3 is 14.7 Å². The smallest absolute Gasteiger partial charge is 0.303 e. The molecule has 1 aliphatic rings. The van der Waals surface area contributed by atoms with Crippen LogP contribution in [0.1, 0.15) is 50.2 Å². The molecule has 1 N–H and O–H groups in total. The van der Waals surface area contributed by atoms with Crippen molar-refractivity contribution in [2.75, 3.05) is 11.9 Å². The van der Waals surface area contributed by atoms with Gasteiger partial charge in [-0.2, -0.15) is 0 Å². The maximum atomic E-state index is 10.7. The number of benzene rings is 2. The quantitative estimate of drug-likeness (QED) is 0.563. The first-order valence-electron chi connectivity index (χ1n) is 10.4. The van der Waals surface area contributed by atoms with E-state index in [2.05, 4.69) is 48.4 Å². The van der Waals surface area contributed by atoms with Crippen LogP contribution in [-0.2, 0) is 17.8 Å². The topological polar surface area (TPSA) is 49.8 Å². The van der Waals surface area contributed by atoms with Crippen molar-refractivity contribution in [1.29, 1.82) is 0 Å². The molecule has 1 aliphatic heterocycles. The molecule has 1 heterocycles. The molecule has 0 radical (unpaired) electrons. The van der Waals surface area contributed by atoms with Crippen molar-refractivity contribution in [3.05, 3.63) is 71.3 Å². The van der Waals surface area contributed by atoms with Crippen LogP contribution in [-0.4, -0.2) is 24.2 Å². The Kier molecular flexibility index (Phi) is 7.34. The Bertz CT molecular complexity index is 844. The number of hydrogen-bond acceptors (Lipinski definition) is 3. The largest absolute Gasteiger partial charge is 0.489 e. The van der Waals surface area contributed by atoms with Gasteiger partial charge >= 0.3 is 5.97 Å². The van der Waals surface area contributed by atoms with Crippen molar-refractivity contribution in [2.24, 2.45) is 0 Å². The fraction of sp³-hybridized carbons (Fsp3) is 0.400. The molecule has 0 saturated carbocycles. The van der Waals surface area contributed by atoms with Gasteiger partial charge in [-0.25, -0.2) is 0 Å². The summed E-state index contributed by atoms with van der Waals surface area (Å²) in [6.45, 7) is 2.62. The molecule has 154 valence electrons. The molecule has 1 atom stereocenters. The van der Waals surface area contributed by atoms with E-state index in [1.165, 1.54) is 22.4 Å². The first-order chi connectivity index (χ1) is 14.0. The summed E-state index contributed by atoms with van der Waals surface area (Å²) in [5.74, 6) is 0.199. The number of anilines is 1. The summed E-state index contributed by atoms with van der Waals surface area (Å²) in [5, 5.41) is 8.79. The van der Waals surface area contributed by atoms with Gasteiger partial charge in [0, 0.05) is 25.2 Å². The van der Waals surface area contributed by atoms with Crippen molar-refractivity contribution in [3.63, 3.8) is 0 Å². The van der Waals surface area contributed by atoms with E-state index >= 15 is 0 Å². The van der Waals surface area contributed by atoms with E-state index < -0.39 is 5.97 Å². The fourth-order valence-corrected chi connectivity index (χ4v) is 3.92. The van der Waals surface area contributed by atoms with E-state index in [-0.39, 0.29) is 6.42 Å². The van der Waals surface area contributed by atoms with Crippen LogP contribution in [0.5, 0.6) is 5.75 Å². The number of carboxylic acids is 1. The summed E-state index contributed by atoms with van der Waals surface area (Å²) < 4.78 is 5.98. The maximum absolute atomic E-state index is 10.7. The molecule has 0 amide bonds. The van der Waals surface area contributed by atoms with Crippen LogP contribution in [0.3, 0.4) is 0 Å². The molecule has 4 nitrogen and oxygen atoms in total. The van der Waals surface area contributed by atoms with Crippen molar-refractivity contribution in [1.82, 2.24) is 0 Å². The molecule has 0 saturated heterocycles. The molecular weight excluding hydrogens is 362 g/mol. The zero-order chi connectivity index (χ0) is 20.6. The van der Waals surface area contributed by atoms with Gasteiger partial charge in [-0.3, -0.25) is 4.79 Å². The number of aliphatic carboxylic acids is 1. The van der Waals surface area contributed by atoms with E-state index in [1.54, 1.807) is 0 Å². The Morgan fingerprint density at radius 3 is 2.76 bits per heavy atom. The van der Waals surface area contributed by atoms with Gasteiger partial charge in [0.05, 0.1) is 0 Å². The molecule has 4 heteroatoms. The number of allylic oxidation sites excluding steroid dienone is 2. The Morgan fingerprint density at radius 2 is 2.00 bits per heavy atom. The van der Waals surface area contributed by atoms with E-state index in [9.17, 15) is 4.79 Å². The molecule has 0 bridgehead atoms. The predicted octanol–water partition coefficient (Wildman–Crippen LogP) is 5.61. The molecule has 1 unspecified atom stereocenters. The third kappa shape index (κ3) is 6.11. The Hall–Kier alpha value is -2.75. The van der Waals surface area contributed by atoms with Crippen LogP contribution in [0, 0.1) is 0 Å². The zero-order valence-electron chi connectivity index (χ0n) is 17.4. The van der Waals surface area contributed by atoms with E-state index in [4.69, 9.17) is 9.84 Å². The number of nitrogens with zero attached hydrogens (tertiary/aromatic N) is 1. The fourth-order valence-electron chi connectivity index (χ4n) is 3.92. The number of aryl methyl sites for hydroxylation is 1. The van der Waals surface area contributed by atoms with Gasteiger partial charge in [0.2, 0.25) is 0 Å². The van der Waals surface area contributed by atoms with Gasteiger partial charge in [0.1, 0.15) is 12.4 Å². The molecule has 29 heavy (non-hydrogen) atoms. The second kappa shape index (κ2) is 10.1. The summed E-state index contributed by atoms with van der Waals surface area (Å²) in [6, 6.07) is 17.2. The minimum Gasteiger partial charge on any atom is -0.489 e. The number of hydrogen-bond donors (Lipinski definition) is 1. The second-order valence-corrected chi connectivity index (χ2v) is 7.89. The number of carbonyl (C=O) groups is 1. The number of ether oxygens (including phenoxy) is 1. The highest BCUT2D eigenvalue weighted by atomic mass is 16.5. The lowest BCUT2D eigenvalue weighted by Crippen LogP contribution is -2.35. The summed E-state index contributed by atoms with van der Waals surface area (Å²) in [5.41, 5.74) is 4.99. The van der Waals surface area contributed by atoms with Gasteiger partial charge in [-0.1, -0.05) is 42.0 Å². The van der Waals surface area contributed by atoms with Crippen molar-refractivity contribution in [3.8, 4) is 5.75 Å². The van der Waals surface area contributed by atoms with Crippen LogP contribution in [0.4, 0.5) is 5.69 Å². The first kappa shape index (κ1) is 21.0. The first-order valence-corrected chi connectivity index (χ1v) is 10.4. The number of fused-ring (bicyclic) bond motifs is 1. The second-order valence-electron chi connectivity index (χ2n) is 7.89. The predicted molar refractivity (Wildman–Crippen MR) is 118 cm³/mol. The standard InChI is InChI=1S/C25H31NO3/c1-19(11-16-25(27)28)7-6-10-22-13-12-21-17-23(14-15-24(21)26(22)2)29-18-20-8-4-3-5-9-20/h3-5,7-9,14-15,17,22H,6,10-13,16,18H2,1-2H3,(H,27,28)/b19-7+. The van der Waals surface area contributed by atoms with Gasteiger partial charge in [-0.05, 0) is 68.4 Å². The third-order valence-electron chi connectivity index (χ3n) is 5.70. The Morgan fingerprint density at radius 1 is 1.21 bits per heavy atom. The molecule has 3 rings (SSSR count). The van der Waals surface area contributed by atoms with Crippen LogP contribution in [0.2, 0.25) is 0 Å². The van der Waals surface area contributed by atoms with Gasteiger partial charge in [0.25, 0.3) is 0 Å². The highest BCUT2D eigenvalue weighted by molar-refractivity contribution is 5.67. The molecule has 0 fully saturated rings. The maximum Gasteiger partial charge on any atom is 0.303 e. The average molecular weight is 394 g/mol. The molecule has 0 spiro atoms. The SMILES string of the molecule is C/C(=C\CCC1CCc2cc(OCc3ccccc3)ccc2N1C)CCC(=O)O.